The van der Waals surface area contributed by atoms with Gasteiger partial charge in [-0.15, -0.1) is 11.8 Å². The number of para-hydroxylation sites is 1. The molecule has 0 unspecified atom stereocenters. The Morgan fingerprint density at radius 2 is 1.75 bits per heavy atom. The molecule has 2 aromatic rings. The van der Waals surface area contributed by atoms with Gasteiger partial charge in [0.15, 0.2) is 12.4 Å². The summed E-state index contributed by atoms with van der Waals surface area (Å²) in [6.45, 7) is -0.528. The lowest BCUT2D eigenvalue weighted by molar-refractivity contribution is -0.141. The minimum Gasteiger partial charge on any atom is -0.456 e. The van der Waals surface area contributed by atoms with Crippen molar-refractivity contribution in [1.29, 1.82) is 0 Å². The lowest BCUT2D eigenvalue weighted by Gasteiger charge is -2.27. The highest BCUT2D eigenvalue weighted by atomic mass is 32.2. The van der Waals surface area contributed by atoms with E-state index in [1.807, 2.05) is 18.2 Å². The van der Waals surface area contributed by atoms with Gasteiger partial charge in [-0.2, -0.15) is 0 Å². The summed E-state index contributed by atoms with van der Waals surface area (Å²) in [6, 6.07) is 16.0. The molecule has 0 bridgehead atoms. The van der Waals surface area contributed by atoms with Crippen molar-refractivity contribution in [1.82, 2.24) is 0 Å². The minimum atomic E-state index is -0.602. The molecule has 24 heavy (non-hydrogen) atoms. The molecule has 0 atom stereocenters. The molecular weight excluding hydrogens is 326 g/mol. The second-order valence-corrected chi connectivity index (χ2v) is 6.20. The van der Waals surface area contributed by atoms with Crippen molar-refractivity contribution < 1.29 is 19.1 Å². The molecule has 1 aliphatic rings. The summed E-state index contributed by atoms with van der Waals surface area (Å²) in [7, 11) is 0. The van der Waals surface area contributed by atoms with E-state index < -0.39 is 5.97 Å². The quantitative estimate of drug-likeness (QED) is 0.618. The highest BCUT2D eigenvalue weighted by Crippen LogP contribution is 2.34. The van der Waals surface area contributed by atoms with Crippen molar-refractivity contribution >= 4 is 35.1 Å². The number of ether oxygens (including phenoxy) is 1. The third-order valence-electron chi connectivity index (χ3n) is 3.56. The number of thioether (sulfide) groups is 1. The Hall–Kier alpha value is -2.60. The number of esters is 1. The van der Waals surface area contributed by atoms with Crippen LogP contribution in [-0.2, 0) is 14.3 Å². The van der Waals surface area contributed by atoms with Crippen LogP contribution in [0.2, 0.25) is 0 Å². The smallest absolute Gasteiger partial charge is 0.326 e. The van der Waals surface area contributed by atoms with Gasteiger partial charge in [0, 0.05) is 10.5 Å². The number of nitrogens with zero attached hydrogens (tertiary/aromatic N) is 1. The molecule has 0 N–H and O–H groups in total. The van der Waals surface area contributed by atoms with Gasteiger partial charge < -0.3 is 4.74 Å². The van der Waals surface area contributed by atoms with Crippen LogP contribution >= 0.6 is 11.8 Å². The first kappa shape index (κ1) is 16.3. The number of anilines is 1. The van der Waals surface area contributed by atoms with E-state index in [0.717, 1.165) is 4.90 Å². The second-order valence-electron chi connectivity index (χ2n) is 5.19. The van der Waals surface area contributed by atoms with Crippen LogP contribution in [0.5, 0.6) is 0 Å². The van der Waals surface area contributed by atoms with E-state index >= 15 is 0 Å². The number of rotatable bonds is 5. The monoisotopic (exact) mass is 341 g/mol. The van der Waals surface area contributed by atoms with Crippen LogP contribution in [0.15, 0.2) is 59.5 Å². The third-order valence-corrected chi connectivity index (χ3v) is 4.60. The second kappa shape index (κ2) is 7.31. The molecule has 2 aromatic carbocycles. The number of hydrogen-bond donors (Lipinski definition) is 0. The molecule has 6 heteroatoms. The number of carbonyl (C=O) groups is 3. The lowest BCUT2D eigenvalue weighted by Crippen LogP contribution is -2.40. The van der Waals surface area contributed by atoms with Gasteiger partial charge in [-0.05, 0) is 12.1 Å². The first-order chi connectivity index (χ1) is 11.6. The fourth-order valence-corrected chi connectivity index (χ4v) is 3.29. The molecule has 5 nitrogen and oxygen atoms in total. The fraction of sp³-hybridized carbons (Fsp3) is 0.167. The number of fused-ring (bicyclic) bond motifs is 1. The van der Waals surface area contributed by atoms with E-state index in [-0.39, 0.29) is 30.6 Å². The van der Waals surface area contributed by atoms with Crippen LogP contribution in [0.3, 0.4) is 0 Å². The van der Waals surface area contributed by atoms with E-state index in [1.165, 1.54) is 16.7 Å². The molecular formula is C18H15NO4S. The molecule has 3 rings (SSSR count). The zero-order valence-electron chi connectivity index (χ0n) is 12.8. The molecule has 0 spiro atoms. The van der Waals surface area contributed by atoms with Gasteiger partial charge >= 0.3 is 5.97 Å². The largest absolute Gasteiger partial charge is 0.456 e. The van der Waals surface area contributed by atoms with Gasteiger partial charge in [0.2, 0.25) is 5.91 Å². The number of hydrogen-bond acceptors (Lipinski definition) is 5. The highest BCUT2D eigenvalue weighted by Gasteiger charge is 2.26. The summed E-state index contributed by atoms with van der Waals surface area (Å²) in [5, 5.41) is 0. The summed E-state index contributed by atoms with van der Waals surface area (Å²) in [5.41, 5.74) is 1.19. The predicted octanol–water partition coefficient (Wildman–Crippen LogP) is 2.55. The number of Topliss-reactive ketones (excluding diaryl/α,β-unsaturated/α-hetero) is 1. The average molecular weight is 341 g/mol. The summed E-state index contributed by atoms with van der Waals surface area (Å²) in [5.74, 6) is -0.739. The minimum absolute atomic E-state index is 0.148. The van der Waals surface area contributed by atoms with Gasteiger partial charge in [-0.25, -0.2) is 0 Å². The van der Waals surface area contributed by atoms with E-state index in [0.29, 0.717) is 11.3 Å². The summed E-state index contributed by atoms with van der Waals surface area (Å²) in [6.07, 6.45) is 0. The van der Waals surface area contributed by atoms with E-state index in [1.54, 1.807) is 36.4 Å². The molecule has 0 saturated heterocycles. The van der Waals surface area contributed by atoms with Gasteiger partial charge in [0.05, 0.1) is 11.4 Å². The van der Waals surface area contributed by atoms with Crippen molar-refractivity contribution in [2.75, 3.05) is 23.8 Å². The van der Waals surface area contributed by atoms with E-state index in [4.69, 9.17) is 4.74 Å². The molecule has 0 radical (unpaired) electrons. The third kappa shape index (κ3) is 3.65. The maximum atomic E-state index is 12.1. The van der Waals surface area contributed by atoms with E-state index in [2.05, 4.69) is 0 Å². The lowest BCUT2D eigenvalue weighted by atomic mass is 10.1. The predicted molar refractivity (Wildman–Crippen MR) is 91.3 cm³/mol. The molecule has 1 heterocycles. The summed E-state index contributed by atoms with van der Waals surface area (Å²) >= 11 is 1.45. The number of ketones is 1. The Labute approximate surface area is 143 Å². The molecule has 0 aliphatic carbocycles. The Balaban J connectivity index is 1.61. The van der Waals surface area contributed by atoms with E-state index in [9.17, 15) is 14.4 Å². The molecule has 1 amide bonds. The molecule has 0 saturated carbocycles. The van der Waals surface area contributed by atoms with Gasteiger partial charge in [-0.3, -0.25) is 19.3 Å². The summed E-state index contributed by atoms with van der Waals surface area (Å²) < 4.78 is 5.04. The van der Waals surface area contributed by atoms with Crippen molar-refractivity contribution in [3.63, 3.8) is 0 Å². The first-order valence-corrected chi connectivity index (χ1v) is 8.40. The normalized spacial score (nSPS) is 13.3. The topological polar surface area (TPSA) is 63.7 Å². The molecule has 0 aromatic heterocycles. The Morgan fingerprint density at radius 3 is 2.54 bits per heavy atom. The standard InChI is InChI=1S/C18H15NO4S/c20-15(13-6-2-1-3-7-13)11-23-18(22)10-19-14-8-4-5-9-16(14)24-12-17(19)21/h1-9H,10-12H2. The first-order valence-electron chi connectivity index (χ1n) is 7.41. The van der Waals surface area contributed by atoms with Crippen LogP contribution in [0.1, 0.15) is 10.4 Å². The van der Waals surface area contributed by atoms with Gasteiger partial charge in [0.1, 0.15) is 6.54 Å². The zero-order chi connectivity index (χ0) is 16.9. The van der Waals surface area contributed by atoms with Crippen LogP contribution in [-0.4, -0.2) is 36.6 Å². The van der Waals surface area contributed by atoms with Crippen LogP contribution in [0, 0.1) is 0 Å². The SMILES string of the molecule is O=C(CN1C(=O)CSc2ccccc21)OCC(=O)c1ccccc1. The van der Waals surface area contributed by atoms with Crippen molar-refractivity contribution in [2.24, 2.45) is 0 Å². The highest BCUT2D eigenvalue weighted by molar-refractivity contribution is 8.00. The zero-order valence-corrected chi connectivity index (χ0v) is 13.6. The molecule has 1 aliphatic heterocycles. The fourth-order valence-electron chi connectivity index (χ4n) is 2.36. The summed E-state index contributed by atoms with van der Waals surface area (Å²) in [4.78, 5) is 38.4. The van der Waals surface area contributed by atoms with Crippen LogP contribution in [0.25, 0.3) is 0 Å². The maximum Gasteiger partial charge on any atom is 0.326 e. The number of benzene rings is 2. The van der Waals surface area contributed by atoms with Crippen molar-refractivity contribution in [2.45, 2.75) is 4.90 Å². The van der Waals surface area contributed by atoms with Gasteiger partial charge in [-0.1, -0.05) is 42.5 Å². The number of carbonyl (C=O) groups excluding carboxylic acids is 3. The van der Waals surface area contributed by atoms with Crippen LogP contribution in [0.4, 0.5) is 5.69 Å². The van der Waals surface area contributed by atoms with Crippen molar-refractivity contribution in [3.8, 4) is 0 Å². The van der Waals surface area contributed by atoms with Gasteiger partial charge in [0.25, 0.3) is 0 Å². The van der Waals surface area contributed by atoms with Crippen molar-refractivity contribution in [3.05, 3.63) is 60.2 Å². The average Bonchev–Trinajstić information content (AvgIpc) is 2.63. The maximum absolute atomic E-state index is 12.1. The van der Waals surface area contributed by atoms with Crippen LogP contribution < -0.4 is 4.90 Å². The Bertz CT molecular complexity index is 776. The molecule has 0 fully saturated rings. The number of amides is 1. The molecule has 122 valence electrons. The Morgan fingerprint density at radius 1 is 1.04 bits per heavy atom. The Kier molecular flexibility index (Phi) is 4.96.